The normalized spacial score (nSPS) is 17.2. The lowest BCUT2D eigenvalue weighted by Gasteiger charge is -2.33. The first-order valence-electron chi connectivity index (χ1n) is 8.59. The fourth-order valence-corrected chi connectivity index (χ4v) is 3.08. The standard InChI is InChI=1S/C19H30N2O/c1-14(2)13-21-10-8-18(9-11-21)20-19(22)17-7-5-6-16(12-17)15(3)4/h5-7,12,14-15,18H,8-11,13H2,1-4H3,(H,20,22). The first kappa shape index (κ1) is 17.0. The molecule has 3 heteroatoms. The maximum atomic E-state index is 12.4. The van der Waals surface area contributed by atoms with Crippen molar-refractivity contribution in [3.8, 4) is 0 Å². The number of nitrogens with one attached hydrogen (secondary N) is 1. The predicted molar refractivity (Wildman–Crippen MR) is 92.3 cm³/mol. The third-order valence-electron chi connectivity index (χ3n) is 4.36. The highest BCUT2D eigenvalue weighted by atomic mass is 16.1. The van der Waals surface area contributed by atoms with Crippen molar-refractivity contribution in [1.29, 1.82) is 0 Å². The summed E-state index contributed by atoms with van der Waals surface area (Å²) < 4.78 is 0. The zero-order valence-corrected chi connectivity index (χ0v) is 14.4. The van der Waals surface area contributed by atoms with E-state index in [-0.39, 0.29) is 5.91 Å². The summed E-state index contributed by atoms with van der Waals surface area (Å²) in [6.45, 7) is 12.2. The largest absolute Gasteiger partial charge is 0.349 e. The molecule has 22 heavy (non-hydrogen) atoms. The Morgan fingerprint density at radius 1 is 1.23 bits per heavy atom. The molecule has 0 saturated carbocycles. The van der Waals surface area contributed by atoms with E-state index in [1.165, 1.54) is 5.56 Å². The van der Waals surface area contributed by atoms with Crippen LogP contribution in [0.3, 0.4) is 0 Å². The fraction of sp³-hybridized carbons (Fsp3) is 0.632. The summed E-state index contributed by atoms with van der Waals surface area (Å²) in [7, 11) is 0. The van der Waals surface area contributed by atoms with Crippen molar-refractivity contribution >= 4 is 5.91 Å². The summed E-state index contributed by atoms with van der Waals surface area (Å²) >= 11 is 0. The van der Waals surface area contributed by atoms with Crippen LogP contribution in [0.25, 0.3) is 0 Å². The van der Waals surface area contributed by atoms with Crippen LogP contribution < -0.4 is 5.32 Å². The SMILES string of the molecule is CC(C)CN1CCC(NC(=O)c2cccc(C(C)C)c2)CC1. The van der Waals surface area contributed by atoms with Crippen molar-refractivity contribution < 1.29 is 4.79 Å². The zero-order chi connectivity index (χ0) is 16.1. The van der Waals surface area contributed by atoms with E-state index in [2.05, 4.69) is 44.0 Å². The smallest absolute Gasteiger partial charge is 0.251 e. The molecule has 0 atom stereocenters. The Labute approximate surface area is 135 Å². The second kappa shape index (κ2) is 7.77. The van der Waals surface area contributed by atoms with Crippen LogP contribution in [0.2, 0.25) is 0 Å². The Hall–Kier alpha value is -1.35. The minimum Gasteiger partial charge on any atom is -0.349 e. The number of carbonyl (C=O) groups excluding carboxylic acids is 1. The molecule has 3 nitrogen and oxygen atoms in total. The first-order valence-corrected chi connectivity index (χ1v) is 8.59. The summed E-state index contributed by atoms with van der Waals surface area (Å²) in [4.78, 5) is 14.9. The highest BCUT2D eigenvalue weighted by molar-refractivity contribution is 5.94. The summed E-state index contributed by atoms with van der Waals surface area (Å²) in [5.74, 6) is 1.24. The summed E-state index contributed by atoms with van der Waals surface area (Å²) in [6, 6.07) is 8.32. The van der Waals surface area contributed by atoms with Crippen LogP contribution in [-0.4, -0.2) is 36.5 Å². The number of nitrogens with zero attached hydrogens (tertiary/aromatic N) is 1. The van der Waals surface area contributed by atoms with Crippen LogP contribution in [0, 0.1) is 5.92 Å². The molecule has 1 aliphatic heterocycles. The molecule has 1 heterocycles. The van der Waals surface area contributed by atoms with E-state index in [1.54, 1.807) is 0 Å². The highest BCUT2D eigenvalue weighted by Gasteiger charge is 2.21. The van der Waals surface area contributed by atoms with Gasteiger partial charge in [0.05, 0.1) is 0 Å². The van der Waals surface area contributed by atoms with Crippen molar-refractivity contribution in [1.82, 2.24) is 10.2 Å². The maximum absolute atomic E-state index is 12.4. The van der Waals surface area contributed by atoms with Crippen LogP contribution in [0.5, 0.6) is 0 Å². The van der Waals surface area contributed by atoms with Crippen molar-refractivity contribution in [3.05, 3.63) is 35.4 Å². The molecule has 0 unspecified atom stereocenters. The monoisotopic (exact) mass is 302 g/mol. The van der Waals surface area contributed by atoms with Crippen molar-refractivity contribution in [2.24, 2.45) is 5.92 Å². The van der Waals surface area contributed by atoms with Gasteiger partial charge in [-0.1, -0.05) is 39.8 Å². The molecule has 0 aromatic heterocycles. The molecule has 122 valence electrons. The molecule has 0 aliphatic carbocycles. The molecule has 0 spiro atoms. The van der Waals surface area contributed by atoms with Crippen LogP contribution in [0.15, 0.2) is 24.3 Å². The Bertz CT molecular complexity index is 488. The van der Waals surface area contributed by atoms with Crippen molar-refractivity contribution in [2.45, 2.75) is 52.5 Å². The molecule has 1 N–H and O–H groups in total. The number of piperidine rings is 1. The molecule has 0 bridgehead atoms. The third kappa shape index (κ3) is 4.84. The molecule has 1 saturated heterocycles. The predicted octanol–water partition coefficient (Wildman–Crippen LogP) is 3.66. The average Bonchev–Trinajstić information content (AvgIpc) is 2.49. The summed E-state index contributed by atoms with van der Waals surface area (Å²) in [5, 5.41) is 3.21. The van der Waals surface area contributed by atoms with Gasteiger partial charge in [0.2, 0.25) is 0 Å². The van der Waals surface area contributed by atoms with Crippen LogP contribution in [0.4, 0.5) is 0 Å². The number of hydrogen-bond donors (Lipinski definition) is 1. The van der Waals surface area contributed by atoms with E-state index in [9.17, 15) is 4.79 Å². The van der Waals surface area contributed by atoms with Crippen LogP contribution in [-0.2, 0) is 0 Å². The molecule has 1 aliphatic rings. The van der Waals surface area contributed by atoms with Crippen molar-refractivity contribution in [2.75, 3.05) is 19.6 Å². The zero-order valence-electron chi connectivity index (χ0n) is 14.4. The topological polar surface area (TPSA) is 32.3 Å². The van der Waals surface area contributed by atoms with Gasteiger partial charge in [-0.3, -0.25) is 4.79 Å². The van der Waals surface area contributed by atoms with E-state index in [1.807, 2.05) is 18.2 Å². The second-order valence-corrected chi connectivity index (χ2v) is 7.22. The lowest BCUT2D eigenvalue weighted by atomic mass is 9.99. The van der Waals surface area contributed by atoms with Gasteiger partial charge in [0.15, 0.2) is 0 Å². The minimum absolute atomic E-state index is 0.0739. The van der Waals surface area contributed by atoms with Gasteiger partial charge in [0.25, 0.3) is 5.91 Å². The van der Waals surface area contributed by atoms with Crippen LogP contribution >= 0.6 is 0 Å². The molecular weight excluding hydrogens is 272 g/mol. The van der Waals surface area contributed by atoms with Gasteiger partial charge >= 0.3 is 0 Å². The molecule has 2 rings (SSSR count). The van der Waals surface area contributed by atoms with Gasteiger partial charge in [-0.2, -0.15) is 0 Å². The van der Waals surface area contributed by atoms with E-state index in [0.717, 1.165) is 38.0 Å². The van der Waals surface area contributed by atoms with E-state index < -0.39 is 0 Å². The molecule has 1 amide bonds. The van der Waals surface area contributed by atoms with Gasteiger partial charge in [0.1, 0.15) is 0 Å². The lowest BCUT2D eigenvalue weighted by molar-refractivity contribution is 0.0907. The second-order valence-electron chi connectivity index (χ2n) is 7.22. The van der Waals surface area contributed by atoms with Gasteiger partial charge in [-0.25, -0.2) is 0 Å². The number of benzene rings is 1. The Kier molecular flexibility index (Phi) is 6.01. The Morgan fingerprint density at radius 3 is 2.50 bits per heavy atom. The molecule has 1 fully saturated rings. The number of likely N-dealkylation sites (tertiary alicyclic amines) is 1. The van der Waals surface area contributed by atoms with E-state index in [4.69, 9.17) is 0 Å². The molecule has 1 aromatic carbocycles. The molecule has 0 radical (unpaired) electrons. The Balaban J connectivity index is 1.87. The van der Waals surface area contributed by atoms with Gasteiger partial charge in [-0.05, 0) is 42.4 Å². The van der Waals surface area contributed by atoms with Crippen molar-refractivity contribution in [3.63, 3.8) is 0 Å². The maximum Gasteiger partial charge on any atom is 0.251 e. The van der Waals surface area contributed by atoms with E-state index >= 15 is 0 Å². The number of amides is 1. The Morgan fingerprint density at radius 2 is 1.91 bits per heavy atom. The van der Waals surface area contributed by atoms with Crippen LogP contribution in [0.1, 0.15) is 62.4 Å². The summed E-state index contributed by atoms with van der Waals surface area (Å²) in [5.41, 5.74) is 2.01. The first-order chi connectivity index (χ1) is 10.5. The van der Waals surface area contributed by atoms with E-state index in [0.29, 0.717) is 17.9 Å². The molecule has 1 aromatic rings. The minimum atomic E-state index is 0.0739. The number of rotatable bonds is 5. The lowest BCUT2D eigenvalue weighted by Crippen LogP contribution is -2.45. The van der Waals surface area contributed by atoms with Gasteiger partial charge in [-0.15, -0.1) is 0 Å². The average molecular weight is 302 g/mol. The fourth-order valence-electron chi connectivity index (χ4n) is 3.08. The number of hydrogen-bond acceptors (Lipinski definition) is 2. The highest BCUT2D eigenvalue weighted by Crippen LogP contribution is 2.17. The number of carbonyl (C=O) groups is 1. The third-order valence-corrected chi connectivity index (χ3v) is 4.36. The van der Waals surface area contributed by atoms with Gasteiger partial charge < -0.3 is 10.2 Å². The van der Waals surface area contributed by atoms with Gasteiger partial charge in [0, 0.05) is 31.2 Å². The quantitative estimate of drug-likeness (QED) is 0.900. The molecular formula is C19H30N2O. The summed E-state index contributed by atoms with van der Waals surface area (Å²) in [6.07, 6.45) is 2.12.